The van der Waals surface area contributed by atoms with Crippen molar-refractivity contribution in [2.24, 2.45) is 17.6 Å². The molecule has 0 aromatic carbocycles. The van der Waals surface area contributed by atoms with Crippen LogP contribution in [-0.4, -0.2) is 99.6 Å². The first-order chi connectivity index (χ1) is 19.0. The number of carbonyl (C=O) groups is 3. The first kappa shape index (κ1) is 31.2. The van der Waals surface area contributed by atoms with E-state index in [2.05, 4.69) is 6.58 Å². The molecule has 0 spiro atoms. The maximum Gasteiger partial charge on any atom is 0.303 e. The van der Waals surface area contributed by atoms with Gasteiger partial charge in [0.2, 0.25) is 12.2 Å². The van der Waals surface area contributed by atoms with E-state index in [0.717, 1.165) is 6.26 Å². The van der Waals surface area contributed by atoms with Gasteiger partial charge in [-0.05, 0) is 12.2 Å². The molecule has 1 saturated heterocycles. The molecule has 0 bridgehead atoms. The van der Waals surface area contributed by atoms with E-state index in [1.807, 2.05) is 0 Å². The number of ether oxygens (including phenoxy) is 3. The first-order valence-corrected chi connectivity index (χ1v) is 12.6. The highest BCUT2D eigenvalue weighted by Gasteiger charge is 2.47. The molecule has 14 heteroatoms. The van der Waals surface area contributed by atoms with Gasteiger partial charge < -0.3 is 55.4 Å². The van der Waals surface area contributed by atoms with Crippen molar-refractivity contribution in [1.82, 2.24) is 0 Å². The van der Waals surface area contributed by atoms with Gasteiger partial charge in [0.15, 0.2) is 6.29 Å². The van der Waals surface area contributed by atoms with Crippen molar-refractivity contribution in [2.75, 3.05) is 13.2 Å². The number of hydrogen-bond donors (Lipinski definition) is 7. The fraction of sp³-hybridized carbons (Fsp3) is 0.500. The molecule has 220 valence electrons. The average Bonchev–Trinajstić information content (AvgIpc) is 2.91. The molecule has 40 heavy (non-hydrogen) atoms. The van der Waals surface area contributed by atoms with Crippen LogP contribution in [0.25, 0.3) is 0 Å². The van der Waals surface area contributed by atoms with Gasteiger partial charge in [0.25, 0.3) is 0 Å². The monoisotopic (exact) mass is 566 g/mol. The van der Waals surface area contributed by atoms with Crippen molar-refractivity contribution in [3.8, 4) is 0 Å². The smallest absolute Gasteiger partial charge is 0.303 e. The number of allylic oxidation sites excluding steroid dienone is 3. The number of nitrogens with one attached hydrogen (secondary N) is 1. The molecule has 0 aromatic heterocycles. The molecule has 3 rings (SSSR count). The van der Waals surface area contributed by atoms with E-state index in [-0.39, 0.29) is 25.0 Å². The number of aliphatic hydroxyl groups is 4. The van der Waals surface area contributed by atoms with Gasteiger partial charge >= 0.3 is 5.97 Å². The number of carbonyl (C=O) groups excluding carboxylic acids is 2. The van der Waals surface area contributed by atoms with Crippen LogP contribution in [0.4, 0.5) is 0 Å². The number of carboxylic acid groups (broad SMARTS) is 2. The van der Waals surface area contributed by atoms with Gasteiger partial charge in [0, 0.05) is 23.8 Å². The van der Waals surface area contributed by atoms with Crippen LogP contribution in [0, 0.1) is 11.8 Å². The van der Waals surface area contributed by atoms with Crippen LogP contribution in [0.2, 0.25) is 0 Å². The summed E-state index contributed by atoms with van der Waals surface area (Å²) in [7, 11) is 0. The number of nitrogens with two attached hydrogens (primary N) is 1. The molecule has 3 aliphatic heterocycles. The predicted molar refractivity (Wildman–Crippen MR) is 132 cm³/mol. The molecule has 0 aromatic rings. The lowest BCUT2D eigenvalue weighted by atomic mass is 9.83. The quantitative estimate of drug-likeness (QED) is 0.112. The van der Waals surface area contributed by atoms with Gasteiger partial charge in [0.1, 0.15) is 37.0 Å². The van der Waals surface area contributed by atoms with Crippen LogP contribution >= 0.6 is 0 Å². The van der Waals surface area contributed by atoms with Gasteiger partial charge in [-0.2, -0.15) is 0 Å². The Hall–Kier alpha value is -3.37. The second-order valence-electron chi connectivity index (χ2n) is 9.63. The molecule has 10 unspecified atom stereocenters. The summed E-state index contributed by atoms with van der Waals surface area (Å²) in [6.45, 7) is 3.31. The van der Waals surface area contributed by atoms with E-state index in [1.54, 1.807) is 30.5 Å². The molecule has 3 aliphatic rings. The van der Waals surface area contributed by atoms with Crippen LogP contribution < -0.4 is 15.7 Å². The van der Waals surface area contributed by atoms with Crippen molar-refractivity contribution in [3.63, 3.8) is 0 Å². The number of aliphatic carboxylic acids is 2. The zero-order valence-corrected chi connectivity index (χ0v) is 21.4. The molecule has 0 saturated carbocycles. The SMILES string of the molecule is C=CC1C(OC2OC(CO)C(O)C(O)C2O)OC=C(C(N)=O)C1C=CC1=CC=C[NH+](C(CCC(=O)O)C(=O)[O-])C1. The zero-order valence-electron chi connectivity index (χ0n) is 21.4. The number of quaternary nitrogens is 1. The van der Waals surface area contributed by atoms with Crippen LogP contribution in [0.1, 0.15) is 12.8 Å². The van der Waals surface area contributed by atoms with Gasteiger partial charge in [-0.25, -0.2) is 0 Å². The molecule has 8 N–H and O–H groups in total. The summed E-state index contributed by atoms with van der Waals surface area (Å²) in [6, 6.07) is -1.09. The molecule has 1 amide bonds. The summed E-state index contributed by atoms with van der Waals surface area (Å²) in [4.78, 5) is 35.3. The van der Waals surface area contributed by atoms with Gasteiger partial charge in [-0.15, -0.1) is 6.58 Å². The fourth-order valence-corrected chi connectivity index (χ4v) is 4.79. The summed E-state index contributed by atoms with van der Waals surface area (Å²) < 4.78 is 16.7. The second-order valence-corrected chi connectivity index (χ2v) is 9.63. The van der Waals surface area contributed by atoms with Crippen molar-refractivity contribution < 1.29 is 64.1 Å². The first-order valence-electron chi connectivity index (χ1n) is 12.6. The Bertz CT molecular complexity index is 1080. The molecule has 3 heterocycles. The number of primary amides is 1. The minimum atomic E-state index is -1.69. The topological polar surface area (TPSA) is 234 Å². The Morgan fingerprint density at radius 1 is 1.23 bits per heavy atom. The van der Waals surface area contributed by atoms with Gasteiger partial charge in [-0.3, -0.25) is 14.5 Å². The Kier molecular flexibility index (Phi) is 10.8. The molecule has 14 nitrogen and oxygen atoms in total. The number of carboxylic acids is 2. The van der Waals surface area contributed by atoms with Crippen molar-refractivity contribution in [3.05, 3.63) is 60.6 Å². The van der Waals surface area contributed by atoms with E-state index in [9.17, 15) is 39.9 Å². The zero-order chi connectivity index (χ0) is 29.6. The summed E-state index contributed by atoms with van der Waals surface area (Å²) in [5, 5.41) is 60.5. The van der Waals surface area contributed by atoms with Crippen LogP contribution in [0.3, 0.4) is 0 Å². The van der Waals surface area contributed by atoms with E-state index >= 15 is 0 Å². The highest BCUT2D eigenvalue weighted by molar-refractivity contribution is 5.92. The van der Waals surface area contributed by atoms with E-state index in [4.69, 9.17) is 25.1 Å². The van der Waals surface area contributed by atoms with Crippen LogP contribution in [0.15, 0.2) is 60.6 Å². The lowest BCUT2D eigenvalue weighted by Gasteiger charge is -2.42. The van der Waals surface area contributed by atoms with Crippen LogP contribution in [-0.2, 0) is 28.6 Å². The molecule has 10 atom stereocenters. The van der Waals surface area contributed by atoms with Crippen molar-refractivity contribution in [1.29, 1.82) is 0 Å². The Balaban J connectivity index is 1.79. The normalized spacial score (nSPS) is 34.9. The summed E-state index contributed by atoms with van der Waals surface area (Å²) in [5.74, 6) is -4.81. The number of aliphatic hydroxyl groups excluding tert-OH is 4. The maximum absolute atomic E-state index is 12.2. The molecule has 1 fully saturated rings. The average molecular weight is 567 g/mol. The highest BCUT2D eigenvalue weighted by atomic mass is 16.8. The van der Waals surface area contributed by atoms with E-state index < -0.39 is 79.3 Å². The number of rotatable bonds is 12. The van der Waals surface area contributed by atoms with Gasteiger partial charge in [-0.1, -0.05) is 18.2 Å². The standard InChI is InChI=1S/C26H34N2O12/c1-2-14-15(6-5-13-4-3-9-28(10-13)17(24(36)37)7-8-19(30)31)16(23(27)35)12-38-25(14)40-26-22(34)21(33)20(32)18(11-29)39-26/h2-6,9,12,14-15,17-18,20-22,25-26,29,32-34H,1,7-8,10-11H2,(H2,27,35)(H,30,31)(H,36,37). The summed E-state index contributed by atoms with van der Waals surface area (Å²) >= 11 is 0. The number of hydrogen-bond acceptors (Lipinski definition) is 11. The van der Waals surface area contributed by atoms with Gasteiger partial charge in [0.05, 0.1) is 37.0 Å². The highest BCUT2D eigenvalue weighted by Crippen LogP contribution is 2.35. The lowest BCUT2D eigenvalue weighted by Crippen LogP contribution is -3.13. The lowest BCUT2D eigenvalue weighted by molar-refractivity contribution is -0.863. The Morgan fingerprint density at radius 3 is 2.55 bits per heavy atom. The third kappa shape index (κ3) is 7.22. The third-order valence-corrected chi connectivity index (χ3v) is 7.02. The minimum absolute atomic E-state index is 0.0695. The Labute approximate surface area is 229 Å². The molecule has 0 aliphatic carbocycles. The Morgan fingerprint density at radius 2 is 1.95 bits per heavy atom. The number of amides is 1. The fourth-order valence-electron chi connectivity index (χ4n) is 4.79. The second kappa shape index (κ2) is 13.8. The maximum atomic E-state index is 12.2. The summed E-state index contributed by atoms with van der Waals surface area (Å²) in [6.07, 6.45) is 1.43. The third-order valence-electron chi connectivity index (χ3n) is 7.02. The molecule has 0 radical (unpaired) electrons. The molecular weight excluding hydrogens is 532 g/mol. The van der Waals surface area contributed by atoms with E-state index in [1.165, 1.54) is 6.08 Å². The van der Waals surface area contributed by atoms with Crippen LogP contribution in [0.5, 0.6) is 0 Å². The van der Waals surface area contributed by atoms with Crippen molar-refractivity contribution >= 4 is 17.8 Å². The predicted octanol–water partition coefficient (Wildman–Crippen LogP) is -4.18. The van der Waals surface area contributed by atoms with Crippen molar-refractivity contribution in [2.45, 2.75) is 55.9 Å². The van der Waals surface area contributed by atoms with E-state index in [0.29, 0.717) is 10.5 Å². The molecular formula is C26H34N2O12. The summed E-state index contributed by atoms with van der Waals surface area (Å²) in [5.41, 5.74) is 6.28. The largest absolute Gasteiger partial charge is 0.544 e. The minimum Gasteiger partial charge on any atom is -0.544 e.